The van der Waals surface area contributed by atoms with E-state index in [0.717, 1.165) is 43.3 Å². The Hall–Kier alpha value is -2.55. The Morgan fingerprint density at radius 1 is 1.16 bits per heavy atom. The van der Waals surface area contributed by atoms with Gasteiger partial charge in [-0.05, 0) is 32.4 Å². The molecule has 2 heterocycles. The normalized spacial score (nSPS) is 16.1. The van der Waals surface area contributed by atoms with E-state index in [9.17, 15) is 0 Å². The van der Waals surface area contributed by atoms with Crippen molar-refractivity contribution in [3.63, 3.8) is 0 Å². The Kier molecular flexibility index (Phi) is 8.34. The van der Waals surface area contributed by atoms with Crippen LogP contribution in [0.5, 0.6) is 0 Å². The molecule has 0 radical (unpaired) electrons. The molecule has 7 heteroatoms. The highest BCUT2D eigenvalue weighted by Gasteiger charge is 2.23. The predicted molar refractivity (Wildman–Crippen MR) is 137 cm³/mol. The average Bonchev–Trinajstić information content (AvgIpc) is 3.43. The summed E-state index contributed by atoms with van der Waals surface area (Å²) in [6.07, 6.45) is 2.85. The number of rotatable bonds is 6. The first-order chi connectivity index (χ1) is 14.7. The minimum atomic E-state index is 0. The van der Waals surface area contributed by atoms with E-state index in [1.807, 2.05) is 12.1 Å². The van der Waals surface area contributed by atoms with E-state index in [1.165, 1.54) is 11.3 Å². The van der Waals surface area contributed by atoms with Crippen molar-refractivity contribution in [2.75, 3.05) is 24.5 Å². The number of hydrogen-bond donors (Lipinski definition) is 2. The van der Waals surface area contributed by atoms with Gasteiger partial charge < -0.3 is 20.0 Å². The van der Waals surface area contributed by atoms with E-state index >= 15 is 0 Å². The van der Waals surface area contributed by atoms with Crippen molar-refractivity contribution < 1.29 is 4.42 Å². The molecular weight excluding hydrogens is 501 g/mol. The second kappa shape index (κ2) is 11.2. The van der Waals surface area contributed by atoms with Crippen LogP contribution in [0.1, 0.15) is 24.8 Å². The molecule has 1 saturated heterocycles. The zero-order valence-electron chi connectivity index (χ0n) is 18.0. The molecule has 2 N–H and O–H groups in total. The average molecular weight is 531 g/mol. The van der Waals surface area contributed by atoms with Crippen molar-refractivity contribution in [2.24, 2.45) is 4.99 Å². The second-order valence-corrected chi connectivity index (χ2v) is 7.59. The van der Waals surface area contributed by atoms with Crippen LogP contribution < -0.4 is 15.5 Å². The fourth-order valence-electron chi connectivity index (χ4n) is 3.65. The van der Waals surface area contributed by atoms with E-state index < -0.39 is 0 Å². The third kappa shape index (κ3) is 6.22. The third-order valence-corrected chi connectivity index (χ3v) is 5.26. The summed E-state index contributed by atoms with van der Waals surface area (Å²) in [5.41, 5.74) is 3.52. The molecule has 1 fully saturated rings. The number of aryl methyl sites for hydroxylation is 1. The standard InChI is InChI=1S/C24H29N5O.HI/c1-3-25-24(28-20-13-14-29(17-20)21-7-5-4-6-8-21)27-16-23-26-15-22(30-23)19-11-9-18(2)10-12-19;/h4-12,15,20H,3,13-14,16-17H2,1-2H3,(H2,25,27,28);1H. The number of nitrogens with one attached hydrogen (secondary N) is 2. The summed E-state index contributed by atoms with van der Waals surface area (Å²) in [4.78, 5) is 11.5. The first-order valence-corrected chi connectivity index (χ1v) is 10.6. The molecule has 2 aromatic carbocycles. The van der Waals surface area contributed by atoms with Crippen molar-refractivity contribution in [1.29, 1.82) is 0 Å². The molecule has 164 valence electrons. The van der Waals surface area contributed by atoms with Gasteiger partial charge in [0.25, 0.3) is 0 Å². The number of anilines is 1. The number of hydrogen-bond acceptors (Lipinski definition) is 4. The summed E-state index contributed by atoms with van der Waals surface area (Å²) < 4.78 is 5.90. The quantitative estimate of drug-likeness (QED) is 0.277. The second-order valence-electron chi connectivity index (χ2n) is 7.59. The number of benzene rings is 2. The highest BCUT2D eigenvalue weighted by Crippen LogP contribution is 2.21. The fraction of sp³-hybridized carbons (Fsp3) is 0.333. The van der Waals surface area contributed by atoms with Crippen LogP contribution in [0.4, 0.5) is 5.69 Å². The molecular formula is C24H30IN5O. The lowest BCUT2D eigenvalue weighted by Gasteiger charge is -2.20. The van der Waals surface area contributed by atoms with Crippen molar-refractivity contribution in [3.05, 3.63) is 72.2 Å². The smallest absolute Gasteiger partial charge is 0.216 e. The van der Waals surface area contributed by atoms with Crippen LogP contribution in [0.15, 0.2) is 70.2 Å². The van der Waals surface area contributed by atoms with Gasteiger partial charge in [0.2, 0.25) is 5.89 Å². The zero-order chi connectivity index (χ0) is 20.8. The van der Waals surface area contributed by atoms with Gasteiger partial charge in [0.15, 0.2) is 11.7 Å². The van der Waals surface area contributed by atoms with E-state index in [2.05, 4.69) is 81.8 Å². The van der Waals surface area contributed by atoms with Crippen LogP contribution >= 0.6 is 24.0 Å². The number of halogens is 1. The maximum Gasteiger partial charge on any atom is 0.216 e. The summed E-state index contributed by atoms with van der Waals surface area (Å²) >= 11 is 0. The Bertz CT molecular complexity index is 971. The zero-order valence-corrected chi connectivity index (χ0v) is 20.4. The number of aromatic nitrogens is 1. The number of oxazole rings is 1. The van der Waals surface area contributed by atoms with Crippen molar-refractivity contribution in [3.8, 4) is 11.3 Å². The van der Waals surface area contributed by atoms with Crippen molar-refractivity contribution >= 4 is 35.6 Å². The molecule has 31 heavy (non-hydrogen) atoms. The van der Waals surface area contributed by atoms with Crippen LogP contribution in [0, 0.1) is 6.92 Å². The first-order valence-electron chi connectivity index (χ1n) is 10.6. The molecule has 0 bridgehead atoms. The van der Waals surface area contributed by atoms with Gasteiger partial charge in [-0.15, -0.1) is 24.0 Å². The summed E-state index contributed by atoms with van der Waals surface area (Å²) in [5.74, 6) is 2.18. The monoisotopic (exact) mass is 531 g/mol. The molecule has 6 nitrogen and oxygen atoms in total. The van der Waals surface area contributed by atoms with Gasteiger partial charge in [-0.3, -0.25) is 0 Å². The van der Waals surface area contributed by atoms with Crippen LogP contribution in [-0.4, -0.2) is 36.6 Å². The molecule has 0 spiro atoms. The van der Waals surface area contributed by atoms with E-state index in [4.69, 9.17) is 4.42 Å². The summed E-state index contributed by atoms with van der Waals surface area (Å²) in [6, 6.07) is 19.2. The maximum absolute atomic E-state index is 5.90. The number of para-hydroxylation sites is 1. The molecule has 1 unspecified atom stereocenters. The van der Waals surface area contributed by atoms with Gasteiger partial charge in [-0.1, -0.05) is 48.0 Å². The molecule has 0 amide bonds. The van der Waals surface area contributed by atoms with Gasteiger partial charge in [0, 0.05) is 36.9 Å². The van der Waals surface area contributed by atoms with E-state index in [-0.39, 0.29) is 24.0 Å². The molecule has 1 aliphatic heterocycles. The minimum absolute atomic E-state index is 0. The van der Waals surface area contributed by atoms with E-state index in [0.29, 0.717) is 18.5 Å². The molecule has 1 aliphatic rings. The topological polar surface area (TPSA) is 65.7 Å². The van der Waals surface area contributed by atoms with Gasteiger partial charge in [0.1, 0.15) is 6.54 Å². The molecule has 0 aliphatic carbocycles. The Morgan fingerprint density at radius 3 is 2.68 bits per heavy atom. The molecule has 4 rings (SSSR count). The lowest BCUT2D eigenvalue weighted by molar-refractivity contribution is 0.508. The molecule has 3 aromatic rings. The van der Waals surface area contributed by atoms with Crippen LogP contribution in [0.2, 0.25) is 0 Å². The van der Waals surface area contributed by atoms with Gasteiger partial charge in [0.05, 0.1) is 6.20 Å². The lowest BCUT2D eigenvalue weighted by atomic mass is 10.1. The molecule has 0 saturated carbocycles. The van der Waals surface area contributed by atoms with E-state index in [1.54, 1.807) is 6.20 Å². The predicted octanol–water partition coefficient (Wildman–Crippen LogP) is 4.60. The fourth-order valence-corrected chi connectivity index (χ4v) is 3.65. The SMILES string of the molecule is CCNC(=NCc1ncc(-c2ccc(C)cc2)o1)NC1CCN(c2ccccc2)C1.I. The number of nitrogens with zero attached hydrogens (tertiary/aromatic N) is 3. The number of guanidine groups is 1. The summed E-state index contributed by atoms with van der Waals surface area (Å²) in [6.45, 7) is 7.36. The van der Waals surface area contributed by atoms with Crippen LogP contribution in [-0.2, 0) is 6.54 Å². The van der Waals surface area contributed by atoms with Crippen molar-refractivity contribution in [2.45, 2.75) is 32.9 Å². The Morgan fingerprint density at radius 2 is 1.94 bits per heavy atom. The first kappa shape index (κ1) is 23.1. The highest BCUT2D eigenvalue weighted by atomic mass is 127. The summed E-state index contributed by atoms with van der Waals surface area (Å²) in [7, 11) is 0. The van der Waals surface area contributed by atoms with Gasteiger partial charge >= 0.3 is 0 Å². The third-order valence-electron chi connectivity index (χ3n) is 5.26. The highest BCUT2D eigenvalue weighted by molar-refractivity contribution is 14.0. The maximum atomic E-state index is 5.90. The minimum Gasteiger partial charge on any atom is -0.439 e. The van der Waals surface area contributed by atoms with Gasteiger partial charge in [-0.25, -0.2) is 9.98 Å². The molecule has 1 atom stereocenters. The Balaban J connectivity index is 0.00000272. The van der Waals surface area contributed by atoms with Crippen molar-refractivity contribution in [1.82, 2.24) is 15.6 Å². The summed E-state index contributed by atoms with van der Waals surface area (Å²) in [5, 5.41) is 6.89. The number of aliphatic imine (C=N–C) groups is 1. The van der Waals surface area contributed by atoms with Gasteiger partial charge in [-0.2, -0.15) is 0 Å². The Labute approximate surface area is 201 Å². The largest absolute Gasteiger partial charge is 0.439 e. The van der Waals surface area contributed by atoms with Crippen LogP contribution in [0.25, 0.3) is 11.3 Å². The molecule has 1 aromatic heterocycles. The van der Waals surface area contributed by atoms with Crippen LogP contribution in [0.3, 0.4) is 0 Å². The lowest BCUT2D eigenvalue weighted by Crippen LogP contribution is -2.44.